The average Bonchev–Trinajstić information content (AvgIpc) is 3.55. The number of carbonyl (C=O) groups excluding carboxylic acids is 4. The van der Waals surface area contributed by atoms with Crippen LogP contribution in [0.5, 0.6) is 0 Å². The fraction of sp³-hybridized carbons (Fsp3) is 0.688. The van der Waals surface area contributed by atoms with Gasteiger partial charge < -0.3 is 24.5 Å². The third kappa shape index (κ3) is 6.94. The second-order valence-corrected chi connectivity index (χ2v) is 13.3. The maximum atomic E-state index is 13.7. The van der Waals surface area contributed by atoms with E-state index in [9.17, 15) is 19.2 Å². The van der Waals surface area contributed by atoms with Crippen molar-refractivity contribution >= 4 is 40.9 Å². The van der Waals surface area contributed by atoms with Gasteiger partial charge in [-0.3, -0.25) is 19.2 Å². The van der Waals surface area contributed by atoms with Crippen LogP contribution in [0, 0.1) is 30.6 Å². The summed E-state index contributed by atoms with van der Waals surface area (Å²) in [7, 11) is 0. The molecule has 230 valence electrons. The Kier molecular flexibility index (Phi) is 9.77. The van der Waals surface area contributed by atoms with Gasteiger partial charge >= 0.3 is 0 Å². The molecule has 4 amide bonds. The first-order valence-corrected chi connectivity index (χ1v) is 16.1. The average molecular weight is 600 g/mol. The van der Waals surface area contributed by atoms with Crippen LogP contribution in [0.1, 0.15) is 51.5 Å². The number of amides is 4. The molecule has 4 aliphatic heterocycles. The van der Waals surface area contributed by atoms with Crippen molar-refractivity contribution in [2.75, 3.05) is 70.3 Å². The summed E-state index contributed by atoms with van der Waals surface area (Å²) < 4.78 is 0. The molecule has 10 heteroatoms. The predicted molar refractivity (Wildman–Crippen MR) is 163 cm³/mol. The van der Waals surface area contributed by atoms with Crippen LogP contribution in [0.3, 0.4) is 0 Å². The number of hydrogen-bond donors (Lipinski definition) is 0. The first-order chi connectivity index (χ1) is 20.1. The van der Waals surface area contributed by atoms with Crippen LogP contribution in [0.4, 0.5) is 5.69 Å². The van der Waals surface area contributed by atoms with Crippen LogP contribution in [0.2, 0.25) is 5.02 Å². The minimum absolute atomic E-state index is 0.0454. The van der Waals surface area contributed by atoms with Gasteiger partial charge in [0, 0.05) is 95.3 Å². The van der Waals surface area contributed by atoms with E-state index in [4.69, 9.17) is 11.6 Å². The zero-order valence-electron chi connectivity index (χ0n) is 25.4. The highest BCUT2D eigenvalue weighted by Gasteiger charge is 2.43. The Morgan fingerprint density at radius 1 is 0.810 bits per heavy atom. The molecule has 2 unspecified atom stereocenters. The Morgan fingerprint density at radius 2 is 1.36 bits per heavy atom. The molecule has 0 radical (unpaired) electrons. The smallest absolute Gasteiger partial charge is 0.230 e. The lowest BCUT2D eigenvalue weighted by molar-refractivity contribution is -0.139. The summed E-state index contributed by atoms with van der Waals surface area (Å²) in [4.78, 5) is 60.5. The molecule has 5 rings (SSSR count). The van der Waals surface area contributed by atoms with Crippen LogP contribution in [-0.4, -0.2) is 109 Å². The molecule has 1 aromatic carbocycles. The van der Waals surface area contributed by atoms with E-state index < -0.39 is 0 Å². The minimum atomic E-state index is -0.0926. The van der Waals surface area contributed by atoms with E-state index in [1.165, 1.54) is 0 Å². The quantitative estimate of drug-likeness (QED) is 0.480. The molecule has 0 aromatic heterocycles. The SMILES string of the molecule is CC(=O)N1CCC(C(=O)N2CC3CN(CCCN(C(=O)C4CCN(C(C)=O)CC4)c4ccc(C)c(Cl)c4)CC3C2)CC1. The lowest BCUT2D eigenvalue weighted by atomic mass is 9.94. The normalized spacial score (nSPS) is 23.8. The zero-order valence-corrected chi connectivity index (χ0v) is 26.2. The molecule has 0 aliphatic carbocycles. The summed E-state index contributed by atoms with van der Waals surface area (Å²) in [5, 5.41) is 0.660. The van der Waals surface area contributed by atoms with Crippen molar-refractivity contribution in [2.45, 2.75) is 52.9 Å². The van der Waals surface area contributed by atoms with Gasteiger partial charge in [0.05, 0.1) is 0 Å². The molecule has 0 saturated carbocycles. The number of likely N-dealkylation sites (tertiary alicyclic amines) is 4. The molecule has 4 saturated heterocycles. The van der Waals surface area contributed by atoms with Crippen molar-refractivity contribution in [3.63, 3.8) is 0 Å². The van der Waals surface area contributed by atoms with Crippen molar-refractivity contribution in [3.05, 3.63) is 28.8 Å². The van der Waals surface area contributed by atoms with Gasteiger partial charge in [0.15, 0.2) is 0 Å². The number of fused-ring (bicyclic) bond motifs is 1. The molecule has 2 atom stereocenters. The van der Waals surface area contributed by atoms with Crippen molar-refractivity contribution in [3.8, 4) is 0 Å². The topological polar surface area (TPSA) is 84.5 Å². The maximum absolute atomic E-state index is 13.7. The minimum Gasteiger partial charge on any atom is -0.343 e. The molecule has 0 bridgehead atoms. The third-order valence-corrected chi connectivity index (χ3v) is 10.4. The fourth-order valence-electron chi connectivity index (χ4n) is 7.38. The van der Waals surface area contributed by atoms with Gasteiger partial charge in [-0.15, -0.1) is 0 Å². The number of aryl methyl sites for hydroxylation is 1. The molecule has 9 nitrogen and oxygen atoms in total. The summed E-state index contributed by atoms with van der Waals surface area (Å²) in [5.74, 6) is 1.54. The summed E-state index contributed by atoms with van der Waals surface area (Å²) in [6.07, 6.45) is 3.78. The van der Waals surface area contributed by atoms with Gasteiger partial charge in [0.2, 0.25) is 23.6 Å². The molecule has 0 spiro atoms. The monoisotopic (exact) mass is 599 g/mol. The summed E-state index contributed by atoms with van der Waals surface area (Å²) >= 11 is 6.46. The molecule has 0 N–H and O–H groups in total. The van der Waals surface area contributed by atoms with E-state index in [1.807, 2.05) is 39.8 Å². The highest BCUT2D eigenvalue weighted by molar-refractivity contribution is 6.31. The van der Waals surface area contributed by atoms with Crippen LogP contribution in [-0.2, 0) is 19.2 Å². The van der Waals surface area contributed by atoms with Crippen molar-refractivity contribution < 1.29 is 19.2 Å². The lowest BCUT2D eigenvalue weighted by Gasteiger charge is -2.34. The highest BCUT2D eigenvalue weighted by Crippen LogP contribution is 2.34. The predicted octanol–water partition coefficient (Wildman–Crippen LogP) is 3.28. The number of carbonyl (C=O) groups is 4. The number of piperidine rings is 2. The number of nitrogens with zero attached hydrogens (tertiary/aromatic N) is 5. The van der Waals surface area contributed by atoms with E-state index >= 15 is 0 Å². The van der Waals surface area contributed by atoms with Crippen LogP contribution in [0.15, 0.2) is 18.2 Å². The van der Waals surface area contributed by atoms with E-state index in [2.05, 4.69) is 9.80 Å². The van der Waals surface area contributed by atoms with E-state index in [0.717, 1.165) is 63.2 Å². The molecule has 4 heterocycles. The molecule has 4 aliphatic rings. The van der Waals surface area contributed by atoms with Gasteiger partial charge in [-0.1, -0.05) is 17.7 Å². The van der Waals surface area contributed by atoms with Gasteiger partial charge in [-0.05, 0) is 75.1 Å². The van der Waals surface area contributed by atoms with Crippen molar-refractivity contribution in [2.24, 2.45) is 23.7 Å². The van der Waals surface area contributed by atoms with Crippen LogP contribution >= 0.6 is 11.6 Å². The third-order valence-electron chi connectivity index (χ3n) is 10.0. The number of hydrogen-bond acceptors (Lipinski definition) is 5. The molecular weight excluding hydrogens is 554 g/mol. The number of benzene rings is 1. The highest BCUT2D eigenvalue weighted by atomic mass is 35.5. The van der Waals surface area contributed by atoms with E-state index in [1.54, 1.807) is 13.8 Å². The van der Waals surface area contributed by atoms with Crippen molar-refractivity contribution in [1.29, 1.82) is 0 Å². The Hall–Kier alpha value is -2.65. The summed E-state index contributed by atoms with van der Waals surface area (Å²) in [6.45, 7) is 13.0. The molecular formula is C32H46ClN5O4. The van der Waals surface area contributed by atoms with Crippen LogP contribution < -0.4 is 4.90 Å². The number of rotatable bonds is 7. The van der Waals surface area contributed by atoms with Crippen LogP contribution in [0.25, 0.3) is 0 Å². The second-order valence-electron chi connectivity index (χ2n) is 12.9. The fourth-order valence-corrected chi connectivity index (χ4v) is 7.56. The molecule has 1 aromatic rings. The standard InChI is InChI=1S/C32H46ClN5O4/c1-22-5-6-29(17-30(22)33)38(32(42)26-9-15-36(16-10-26)24(3)40)12-4-11-34-18-27-20-37(21-28(27)19-34)31(41)25-7-13-35(14-8-25)23(2)39/h5-6,17,25-28H,4,7-16,18-21H2,1-3H3. The largest absolute Gasteiger partial charge is 0.343 e. The summed E-state index contributed by atoms with van der Waals surface area (Å²) in [6, 6.07) is 5.85. The number of halogens is 1. The van der Waals surface area contributed by atoms with Crippen molar-refractivity contribution in [1.82, 2.24) is 19.6 Å². The first kappa shape index (κ1) is 30.8. The van der Waals surface area contributed by atoms with Gasteiger partial charge in [-0.2, -0.15) is 0 Å². The van der Waals surface area contributed by atoms with Gasteiger partial charge in [-0.25, -0.2) is 0 Å². The Labute approximate surface area is 255 Å². The lowest BCUT2D eigenvalue weighted by Crippen LogP contribution is -2.45. The Balaban J connectivity index is 1.12. The second kappa shape index (κ2) is 13.3. The number of anilines is 1. The van der Waals surface area contributed by atoms with Gasteiger partial charge in [0.1, 0.15) is 0 Å². The summed E-state index contributed by atoms with van der Waals surface area (Å²) in [5.41, 5.74) is 1.83. The van der Waals surface area contributed by atoms with E-state index in [-0.39, 0.29) is 35.5 Å². The molecule has 4 fully saturated rings. The molecule has 42 heavy (non-hydrogen) atoms. The zero-order chi connectivity index (χ0) is 30.0. The van der Waals surface area contributed by atoms with Gasteiger partial charge in [0.25, 0.3) is 0 Å². The Morgan fingerprint density at radius 3 is 1.88 bits per heavy atom. The Bertz CT molecular complexity index is 1160. The van der Waals surface area contributed by atoms with E-state index in [0.29, 0.717) is 62.4 Å². The maximum Gasteiger partial charge on any atom is 0.230 e. The first-order valence-electron chi connectivity index (χ1n) is 15.7.